The summed E-state index contributed by atoms with van der Waals surface area (Å²) in [6.07, 6.45) is 0. The highest BCUT2D eigenvalue weighted by Crippen LogP contribution is 2.29. The van der Waals surface area contributed by atoms with Gasteiger partial charge in [0.1, 0.15) is 17.4 Å². The number of nitriles is 1. The fourth-order valence-electron chi connectivity index (χ4n) is 1.86. The van der Waals surface area contributed by atoms with Crippen molar-refractivity contribution >= 4 is 17.1 Å². The molecule has 19 heavy (non-hydrogen) atoms. The lowest BCUT2D eigenvalue weighted by atomic mass is 10.1. The van der Waals surface area contributed by atoms with Crippen LogP contribution in [0.25, 0.3) is 0 Å². The van der Waals surface area contributed by atoms with Gasteiger partial charge >= 0.3 is 0 Å². The van der Waals surface area contributed by atoms with Crippen molar-refractivity contribution in [1.29, 1.82) is 5.26 Å². The fraction of sp³-hybridized carbons (Fsp3) is 0.133. The van der Waals surface area contributed by atoms with Crippen LogP contribution in [0.3, 0.4) is 0 Å². The van der Waals surface area contributed by atoms with Gasteiger partial charge in [-0.25, -0.2) is 4.39 Å². The smallest absolute Gasteiger partial charge is 0.143 e. The number of nitrogens with zero attached hydrogens (tertiary/aromatic N) is 2. The fourth-order valence-corrected chi connectivity index (χ4v) is 1.86. The van der Waals surface area contributed by atoms with E-state index in [1.54, 1.807) is 12.1 Å². The van der Waals surface area contributed by atoms with E-state index in [0.717, 1.165) is 11.4 Å². The van der Waals surface area contributed by atoms with E-state index in [1.165, 1.54) is 6.07 Å². The standard InChI is InChI=1S/C15H14FN3/c1-19(2)15-9-4-3-7-14(15)18-13-8-5-6-12(16)11(13)10-17/h3-9,18H,1-2H3. The van der Waals surface area contributed by atoms with Gasteiger partial charge < -0.3 is 10.2 Å². The first kappa shape index (κ1) is 12.9. The average molecular weight is 255 g/mol. The van der Waals surface area contributed by atoms with Gasteiger partial charge in [-0.3, -0.25) is 0 Å². The van der Waals surface area contributed by atoms with Gasteiger partial charge in [0.05, 0.1) is 17.1 Å². The van der Waals surface area contributed by atoms with E-state index >= 15 is 0 Å². The summed E-state index contributed by atoms with van der Waals surface area (Å²) in [4.78, 5) is 1.95. The molecule has 0 saturated carbocycles. The van der Waals surface area contributed by atoms with Crippen LogP contribution < -0.4 is 10.2 Å². The Morgan fingerprint density at radius 1 is 1.05 bits per heavy atom. The van der Waals surface area contributed by atoms with Gasteiger partial charge in [0, 0.05) is 14.1 Å². The first-order chi connectivity index (χ1) is 9.13. The highest BCUT2D eigenvalue weighted by Gasteiger charge is 2.10. The topological polar surface area (TPSA) is 39.1 Å². The van der Waals surface area contributed by atoms with E-state index in [0.29, 0.717) is 5.69 Å². The molecule has 3 nitrogen and oxygen atoms in total. The quantitative estimate of drug-likeness (QED) is 0.912. The van der Waals surface area contributed by atoms with Crippen molar-refractivity contribution < 1.29 is 4.39 Å². The van der Waals surface area contributed by atoms with Crippen LogP contribution in [-0.2, 0) is 0 Å². The maximum absolute atomic E-state index is 13.5. The maximum atomic E-state index is 13.5. The number of halogens is 1. The average Bonchev–Trinajstić information content (AvgIpc) is 2.39. The number of rotatable bonds is 3. The molecule has 0 radical (unpaired) electrons. The molecule has 0 aliphatic heterocycles. The van der Waals surface area contributed by atoms with Crippen molar-refractivity contribution in [2.75, 3.05) is 24.3 Å². The Labute approximate surface area is 111 Å². The Balaban J connectivity index is 2.43. The third-order valence-corrected chi connectivity index (χ3v) is 2.78. The minimum absolute atomic E-state index is 0.0241. The van der Waals surface area contributed by atoms with Gasteiger partial charge in [0.25, 0.3) is 0 Å². The lowest BCUT2D eigenvalue weighted by molar-refractivity contribution is 0.624. The lowest BCUT2D eigenvalue weighted by Crippen LogP contribution is -2.11. The summed E-state index contributed by atoms with van der Waals surface area (Å²) in [6, 6.07) is 14.1. The Bertz CT molecular complexity index is 630. The molecule has 0 amide bonds. The predicted octanol–water partition coefficient (Wildman–Crippen LogP) is 3.51. The second-order valence-electron chi connectivity index (χ2n) is 4.31. The maximum Gasteiger partial charge on any atom is 0.143 e. The van der Waals surface area contributed by atoms with Crippen LogP contribution in [0.5, 0.6) is 0 Å². The van der Waals surface area contributed by atoms with Crippen LogP contribution in [-0.4, -0.2) is 14.1 Å². The Hall–Kier alpha value is -2.54. The molecule has 2 rings (SSSR count). The minimum Gasteiger partial charge on any atom is -0.376 e. The molecule has 2 aromatic carbocycles. The van der Waals surface area contributed by atoms with E-state index in [2.05, 4.69) is 5.32 Å². The van der Waals surface area contributed by atoms with E-state index in [9.17, 15) is 4.39 Å². The highest BCUT2D eigenvalue weighted by molar-refractivity contribution is 5.77. The predicted molar refractivity (Wildman–Crippen MR) is 75.2 cm³/mol. The molecular formula is C15H14FN3. The second kappa shape index (κ2) is 5.40. The number of hydrogen-bond donors (Lipinski definition) is 1. The van der Waals surface area contributed by atoms with Crippen LogP contribution in [0.1, 0.15) is 5.56 Å². The number of para-hydroxylation sites is 2. The van der Waals surface area contributed by atoms with Crippen LogP contribution >= 0.6 is 0 Å². The zero-order chi connectivity index (χ0) is 13.8. The Kier molecular flexibility index (Phi) is 3.67. The highest BCUT2D eigenvalue weighted by atomic mass is 19.1. The molecule has 0 aromatic heterocycles. The SMILES string of the molecule is CN(C)c1ccccc1Nc1cccc(F)c1C#N. The van der Waals surface area contributed by atoms with Crippen LogP contribution in [0.4, 0.5) is 21.5 Å². The second-order valence-corrected chi connectivity index (χ2v) is 4.31. The zero-order valence-electron chi connectivity index (χ0n) is 10.8. The summed E-state index contributed by atoms with van der Waals surface area (Å²) in [5, 5.41) is 12.1. The normalized spacial score (nSPS) is 9.79. The first-order valence-electron chi connectivity index (χ1n) is 5.85. The third-order valence-electron chi connectivity index (χ3n) is 2.78. The van der Waals surface area contributed by atoms with Crippen LogP contribution in [0, 0.1) is 17.1 Å². The van der Waals surface area contributed by atoms with Gasteiger partial charge in [0.2, 0.25) is 0 Å². The third kappa shape index (κ3) is 2.66. The monoisotopic (exact) mass is 255 g/mol. The van der Waals surface area contributed by atoms with E-state index in [4.69, 9.17) is 5.26 Å². The molecule has 0 heterocycles. The van der Waals surface area contributed by atoms with Gasteiger partial charge in [-0.2, -0.15) is 5.26 Å². The molecule has 0 aliphatic carbocycles. The zero-order valence-corrected chi connectivity index (χ0v) is 10.8. The number of nitrogens with one attached hydrogen (secondary N) is 1. The molecule has 0 fully saturated rings. The molecule has 0 bridgehead atoms. The summed E-state index contributed by atoms with van der Waals surface area (Å²) >= 11 is 0. The minimum atomic E-state index is -0.519. The summed E-state index contributed by atoms with van der Waals surface area (Å²) in [6.45, 7) is 0. The molecular weight excluding hydrogens is 241 g/mol. The summed E-state index contributed by atoms with van der Waals surface area (Å²) in [5.41, 5.74) is 2.29. The summed E-state index contributed by atoms with van der Waals surface area (Å²) in [5.74, 6) is -0.519. The molecule has 4 heteroatoms. The molecule has 96 valence electrons. The largest absolute Gasteiger partial charge is 0.376 e. The number of benzene rings is 2. The summed E-state index contributed by atoms with van der Waals surface area (Å²) < 4.78 is 13.5. The van der Waals surface area contributed by atoms with Crippen LogP contribution in [0.2, 0.25) is 0 Å². The van der Waals surface area contributed by atoms with Crippen molar-refractivity contribution in [3.63, 3.8) is 0 Å². The molecule has 0 atom stereocenters. The molecule has 2 aromatic rings. The molecule has 0 unspecified atom stereocenters. The van der Waals surface area contributed by atoms with Crippen molar-refractivity contribution in [2.45, 2.75) is 0 Å². The Morgan fingerprint density at radius 3 is 2.42 bits per heavy atom. The van der Waals surface area contributed by atoms with Crippen molar-refractivity contribution in [3.05, 3.63) is 53.8 Å². The number of anilines is 3. The van der Waals surface area contributed by atoms with Gasteiger partial charge in [-0.15, -0.1) is 0 Å². The van der Waals surface area contributed by atoms with Crippen molar-refractivity contribution in [3.8, 4) is 6.07 Å². The Morgan fingerprint density at radius 2 is 1.74 bits per heavy atom. The molecule has 0 spiro atoms. The van der Waals surface area contributed by atoms with Crippen molar-refractivity contribution in [2.24, 2.45) is 0 Å². The van der Waals surface area contributed by atoms with Gasteiger partial charge in [-0.05, 0) is 24.3 Å². The molecule has 0 aliphatic rings. The number of hydrogen-bond acceptors (Lipinski definition) is 3. The summed E-state index contributed by atoms with van der Waals surface area (Å²) in [7, 11) is 3.86. The van der Waals surface area contributed by atoms with E-state index in [1.807, 2.05) is 49.3 Å². The van der Waals surface area contributed by atoms with E-state index in [-0.39, 0.29) is 5.56 Å². The first-order valence-corrected chi connectivity index (χ1v) is 5.85. The van der Waals surface area contributed by atoms with E-state index < -0.39 is 5.82 Å². The van der Waals surface area contributed by atoms with Crippen molar-refractivity contribution in [1.82, 2.24) is 0 Å². The van der Waals surface area contributed by atoms with Gasteiger partial charge in [0.15, 0.2) is 0 Å². The van der Waals surface area contributed by atoms with Gasteiger partial charge in [-0.1, -0.05) is 18.2 Å². The molecule has 0 saturated heterocycles. The lowest BCUT2D eigenvalue weighted by Gasteiger charge is -2.18. The molecule has 1 N–H and O–H groups in total. The van der Waals surface area contributed by atoms with Crippen LogP contribution in [0.15, 0.2) is 42.5 Å².